The van der Waals surface area contributed by atoms with Crippen LogP contribution in [0, 0.1) is 23.7 Å². The number of para-hydroxylation sites is 1. The summed E-state index contributed by atoms with van der Waals surface area (Å²) < 4.78 is 10.4. The van der Waals surface area contributed by atoms with Gasteiger partial charge in [-0.15, -0.1) is 0 Å². The second-order valence-corrected chi connectivity index (χ2v) is 35.6. The topological polar surface area (TPSA) is 624 Å². The number of allylic oxidation sites excluding steroid dienone is 5. The van der Waals surface area contributed by atoms with Gasteiger partial charge in [-0.05, 0) is 142 Å². The number of unbranched alkanes of at least 4 members (excludes halogenated alkanes) is 2. The van der Waals surface area contributed by atoms with Gasteiger partial charge >= 0.3 is 11.6 Å². The van der Waals surface area contributed by atoms with Crippen LogP contribution >= 0.6 is 21.6 Å². The number of carboxylic acids is 1. The molecule has 40 nitrogen and oxygen atoms in total. The number of carbonyl (C=O) groups is 17. The van der Waals surface area contributed by atoms with Gasteiger partial charge < -0.3 is 116 Å². The van der Waals surface area contributed by atoms with Gasteiger partial charge in [-0.2, -0.15) is 0 Å². The fourth-order valence-corrected chi connectivity index (χ4v) is 17.4. The molecule has 5 aliphatic rings. The lowest BCUT2D eigenvalue weighted by atomic mass is 9.87. The first-order valence-electron chi connectivity index (χ1n) is 43.7. The number of fused-ring (bicyclic) bond motifs is 4. The molecule has 22 N–H and O–H groups in total. The lowest BCUT2D eigenvalue weighted by Crippen LogP contribution is -2.60. The van der Waals surface area contributed by atoms with Gasteiger partial charge in [-0.1, -0.05) is 111 Å². The summed E-state index contributed by atoms with van der Waals surface area (Å²) >= 11 is 0. The second-order valence-electron chi connectivity index (χ2n) is 33.0. The lowest BCUT2D eigenvalue weighted by molar-refractivity contribution is -0.139. The highest BCUT2D eigenvalue weighted by Crippen LogP contribution is 2.32. The van der Waals surface area contributed by atoms with E-state index in [1.165, 1.54) is 52.8 Å². The number of carbonyl (C=O) groups excluding carboxylic acids is 16. The number of aromatic amines is 1. The molecule has 5 heterocycles. The minimum absolute atomic E-state index is 0.0112. The van der Waals surface area contributed by atoms with E-state index in [0.717, 1.165) is 16.5 Å². The molecular weight excluding hydrogens is 1740 g/mol. The van der Waals surface area contributed by atoms with Gasteiger partial charge in [0, 0.05) is 105 Å². The maximum absolute atomic E-state index is 14.7. The molecule has 14 atom stereocenters. The zero-order valence-corrected chi connectivity index (χ0v) is 75.6. The summed E-state index contributed by atoms with van der Waals surface area (Å²) in [7, 11) is 5.27. The van der Waals surface area contributed by atoms with E-state index in [1.54, 1.807) is 62.7 Å². The van der Waals surface area contributed by atoms with Crippen molar-refractivity contribution in [2.75, 3.05) is 45.3 Å². The number of hydrogen-bond acceptors (Lipinski definition) is 24. The van der Waals surface area contributed by atoms with Crippen LogP contribution in [0.3, 0.4) is 0 Å². The number of H-pyrrole nitrogens is 1. The number of aliphatic carboxylic acids is 1. The Morgan fingerprint density at radius 2 is 1.39 bits per heavy atom. The minimum Gasteiger partial charge on any atom is -0.508 e. The fourth-order valence-electron chi connectivity index (χ4n) is 15.3. The van der Waals surface area contributed by atoms with E-state index >= 15 is 0 Å². The first kappa shape index (κ1) is 103. The standard InChI is InChI=1S/C50H73N11O11S2.C39H47N7O11/c1-5-28(4)43(50(72)56-34(44(52)66)16-17-40(51)63)60-47(69)37(23-30-24-53-33-10-7-6-9-32(30)33)57-48(70)38-26-74-73-20-18-42(65)61-19-8-11-39(61)49(71)58-36(22-29-12-14-31(62)15-13-29)45(67)54-25-41(64)55-35(21-27(2)3)46(68)59-38;1-41-36(52)28(14-16-34(49)50)45-38(54)30(19-23-21-43-27-9-6-5-8-25(23)27)46-37(53)29(13-15-32(40)47)44-33(48)10-4-3-7-17-42-35(51)26-18-22-11-12-24(56-2)20-31(22)57-39(26)55/h6-7,9-10,12,14-15,24,27-29,32-39,43,53,62H,5,8,11,13,16-23,25-26H2,1-4H3,(H2,51,63)(H2,52,66)(H,54,67)(H,55,64)(H,56,72)(H,57,70)(H,58,71)(H,59,68)(H,60,69);5-6,8-9,11-12,18,20-21,28-30,43H,3-4,7,10,13-17,19H2,1-2H3,(H2,40,47)(H,41,52)(H,42,51)(H,44,48)(H,45,54)(H,46,53)(H,49,50)/t28?,29?,32?,33?,34-,35-,36-,37-,38-,39-,43-;28-,29-,30-/m00/s1. The largest absolute Gasteiger partial charge is 0.508 e. The Morgan fingerprint density at radius 1 is 0.702 bits per heavy atom. The van der Waals surface area contributed by atoms with Crippen LogP contribution in [-0.4, -0.2) is 232 Å². The van der Waals surface area contributed by atoms with Crippen molar-refractivity contribution in [2.45, 2.75) is 216 Å². The monoisotopic (exact) mass is 1860 g/mol. The second kappa shape index (κ2) is 51.4. The van der Waals surface area contributed by atoms with E-state index in [4.69, 9.17) is 31.5 Å². The van der Waals surface area contributed by atoms with Crippen molar-refractivity contribution < 1.29 is 101 Å². The molecule has 3 aliphatic heterocycles. The van der Waals surface area contributed by atoms with Gasteiger partial charge in [-0.3, -0.25) is 81.5 Å². The van der Waals surface area contributed by atoms with Crippen molar-refractivity contribution in [2.24, 2.45) is 40.9 Å². The summed E-state index contributed by atoms with van der Waals surface area (Å²) in [4.78, 5) is 242. The summed E-state index contributed by atoms with van der Waals surface area (Å²) in [6.07, 6.45) is 17.8. The normalized spacial score (nSPS) is 20.4. The van der Waals surface area contributed by atoms with Crippen LogP contribution in [0.5, 0.6) is 5.75 Å². The molecule has 16 amide bonds. The molecule has 42 heteroatoms. The van der Waals surface area contributed by atoms with Crippen molar-refractivity contribution in [3.63, 3.8) is 0 Å². The van der Waals surface area contributed by atoms with Crippen LogP contribution in [-0.2, 0) is 83.1 Å². The van der Waals surface area contributed by atoms with Crippen LogP contribution in [0.2, 0.25) is 0 Å². The van der Waals surface area contributed by atoms with Crippen LogP contribution < -0.4 is 96.7 Å². The minimum atomic E-state index is -1.33. The molecular formula is C89H120N18O22S2. The molecule has 131 heavy (non-hydrogen) atoms. The number of primary amides is 3. The Hall–Kier alpha value is -13.0. The molecule has 2 fully saturated rings. The number of aliphatic hydroxyl groups is 1. The van der Waals surface area contributed by atoms with Crippen LogP contribution in [0.15, 0.2) is 124 Å². The highest BCUT2D eigenvalue weighted by molar-refractivity contribution is 8.76. The number of methoxy groups -OCH3 is 1. The lowest BCUT2D eigenvalue weighted by Gasteiger charge is -2.30. The number of benzene rings is 2. The maximum atomic E-state index is 14.7. The smallest absolute Gasteiger partial charge is 0.349 e. The maximum Gasteiger partial charge on any atom is 0.349 e. The van der Waals surface area contributed by atoms with E-state index in [1.807, 2.05) is 56.4 Å². The average molecular weight is 1860 g/mol. The summed E-state index contributed by atoms with van der Waals surface area (Å²) in [5.41, 5.74) is 17.7. The summed E-state index contributed by atoms with van der Waals surface area (Å²) in [6, 6.07) is 1.43. The summed E-state index contributed by atoms with van der Waals surface area (Å²) in [5.74, 6) is -12.3. The van der Waals surface area contributed by atoms with E-state index in [0.29, 0.717) is 68.2 Å². The zero-order chi connectivity index (χ0) is 95.5. The van der Waals surface area contributed by atoms with Crippen molar-refractivity contribution in [3.8, 4) is 5.75 Å². The fraction of sp³-hybridized carbons (Fsp3) is 0.506. The quantitative estimate of drug-likeness (QED) is 0.0169. The molecule has 0 bridgehead atoms. The van der Waals surface area contributed by atoms with Crippen molar-refractivity contribution in [3.05, 3.63) is 136 Å². The number of nitrogens with zero attached hydrogens (tertiary/aromatic N) is 1. The van der Waals surface area contributed by atoms with Gasteiger partial charge in [0.25, 0.3) is 5.91 Å². The molecule has 9 rings (SSSR count). The molecule has 4 unspecified atom stereocenters. The third-order valence-corrected chi connectivity index (χ3v) is 25.1. The molecule has 2 aromatic carbocycles. The number of amides is 16. The summed E-state index contributed by atoms with van der Waals surface area (Å²) in [5, 5.41) is 55.6. The first-order valence-corrected chi connectivity index (χ1v) is 46.2. The van der Waals surface area contributed by atoms with Crippen molar-refractivity contribution >= 4 is 144 Å². The number of aliphatic hydroxyl groups excluding tert-OH is 1. The Bertz CT molecular complexity index is 5050. The van der Waals surface area contributed by atoms with Crippen LogP contribution in [0.4, 0.5) is 0 Å². The number of nitrogens with one attached hydrogen (secondary N) is 14. The van der Waals surface area contributed by atoms with Gasteiger partial charge in [0.1, 0.15) is 83.1 Å². The van der Waals surface area contributed by atoms with E-state index in [2.05, 4.69) is 74.1 Å². The molecule has 2 saturated heterocycles. The third kappa shape index (κ3) is 32.3. The Kier molecular flexibility index (Phi) is 40.5. The van der Waals surface area contributed by atoms with Crippen LogP contribution in [0.1, 0.15) is 159 Å². The molecule has 2 aromatic heterocycles. The number of nitrogens with two attached hydrogens (primary N) is 3. The molecule has 0 spiro atoms. The van der Waals surface area contributed by atoms with E-state index in [9.17, 15) is 91.4 Å². The molecule has 0 radical (unpaired) electrons. The summed E-state index contributed by atoms with van der Waals surface area (Å²) in [6.45, 7) is 7.16. The molecule has 0 saturated carbocycles. The van der Waals surface area contributed by atoms with E-state index < -0.39 is 180 Å². The van der Waals surface area contributed by atoms with Gasteiger partial charge in [-0.25, -0.2) is 4.79 Å². The number of rotatable bonds is 40. The van der Waals surface area contributed by atoms with E-state index in [-0.39, 0.29) is 135 Å². The number of carboxylic acid groups (broad SMARTS) is 1. The Balaban J connectivity index is 0.000000334. The van der Waals surface area contributed by atoms with Crippen molar-refractivity contribution in [1.29, 1.82) is 0 Å². The predicted octanol–water partition coefficient (Wildman–Crippen LogP) is 1.17. The highest BCUT2D eigenvalue weighted by Gasteiger charge is 2.41. The number of hydrogen-bond donors (Lipinski definition) is 19. The average Bonchev–Trinajstić information content (AvgIpc) is 1.55. The third-order valence-electron chi connectivity index (χ3n) is 22.7. The number of likely N-dealkylation sites (N-methyl/N-ethyl adjacent to an activating group) is 1. The predicted molar refractivity (Wildman–Crippen MR) is 486 cm³/mol. The van der Waals surface area contributed by atoms with Gasteiger partial charge in [0.15, 0.2) is 0 Å². The van der Waals surface area contributed by atoms with Crippen molar-refractivity contribution in [1.82, 2.24) is 79.0 Å². The first-order chi connectivity index (χ1) is 62.5. The Morgan fingerprint density at radius 3 is 2.08 bits per heavy atom. The molecule has 2 aliphatic carbocycles. The van der Waals surface area contributed by atoms with Gasteiger partial charge in [0.2, 0.25) is 88.6 Å². The zero-order valence-electron chi connectivity index (χ0n) is 74.0. The Labute approximate surface area is 764 Å². The van der Waals surface area contributed by atoms with Gasteiger partial charge in [0.05, 0.1) is 19.7 Å². The molecule has 4 aromatic rings. The molecule has 710 valence electrons. The number of ether oxygens (including phenoxy) is 1. The highest BCUT2D eigenvalue weighted by atomic mass is 33.1. The van der Waals surface area contributed by atoms with Crippen LogP contribution in [0.25, 0.3) is 21.9 Å². The SMILES string of the molecule is CCC(C)[C@H](NC(=O)[C@H](CC1=CNC2C=CC=CC12)NC(=O)[C@@H]1CSSCCC(=O)N2CCC[C@H]2C(=O)N[C@@H](CC2C=CC(O)=CC2)C(=O)NCC(=O)N[C@@H](CC(C)C)C(=O)N1)C(=O)N[C@@H](CCC(N)=O)C(N)=O.CNC(=O)[C@H](CCC(=O)O)NC(=O)[C@H](Cc1c[nH]c2ccccc12)NC(=O)[C@H](CCC(N)=O)NC(=O)CCCCCNC(=O)c1cc2ccc(OC)cc2oc1=O. The number of aromatic nitrogens is 1.